The molecule has 11 nitrogen and oxygen atoms in total. The topological polar surface area (TPSA) is 204 Å². The molecule has 23 heavy (non-hydrogen) atoms. The number of guanidine groups is 1. The molecule has 1 heterocycles. The number of nitrogens with two attached hydrogens (primary N) is 2. The lowest BCUT2D eigenvalue weighted by Gasteiger charge is -2.34. The highest BCUT2D eigenvalue weighted by atomic mass is 16.6. The Kier molecular flexibility index (Phi) is 7.12. The fourth-order valence-electron chi connectivity index (χ4n) is 2.39. The van der Waals surface area contributed by atoms with Crippen molar-refractivity contribution in [1.29, 1.82) is 0 Å². The van der Waals surface area contributed by atoms with Crippen molar-refractivity contribution in [3.05, 3.63) is 0 Å². The number of ether oxygens (including phenoxy) is 1. The molecule has 1 aliphatic heterocycles. The van der Waals surface area contributed by atoms with E-state index in [1.807, 2.05) is 0 Å². The van der Waals surface area contributed by atoms with Crippen molar-refractivity contribution in [2.45, 2.75) is 42.9 Å². The predicted molar refractivity (Wildman–Crippen MR) is 78.3 cm³/mol. The number of nitrogens with zero attached hydrogens (tertiary/aromatic N) is 1. The van der Waals surface area contributed by atoms with E-state index in [0.29, 0.717) is 6.42 Å². The maximum absolute atomic E-state index is 11.3. The first kappa shape index (κ1) is 19.5. The maximum atomic E-state index is 11.3. The van der Waals surface area contributed by atoms with Gasteiger partial charge in [0.15, 0.2) is 11.7 Å². The SMILES string of the molecule is NC(N)=NCCC[C@H](N[C@@]1(CO)O[C@H](CO)[C@@H](O)[C@@H]1O)C(=O)O. The normalized spacial score (nSPS) is 31.7. The summed E-state index contributed by atoms with van der Waals surface area (Å²) in [5.41, 5.74) is 8.45. The number of aliphatic carboxylic acids is 1. The third-order valence-electron chi connectivity index (χ3n) is 3.62. The van der Waals surface area contributed by atoms with E-state index in [-0.39, 0.29) is 18.9 Å². The molecule has 1 saturated heterocycles. The summed E-state index contributed by atoms with van der Waals surface area (Å²) in [4.78, 5) is 15.1. The highest BCUT2D eigenvalue weighted by molar-refractivity contribution is 5.75. The number of carboxylic acids is 1. The molecule has 0 bridgehead atoms. The van der Waals surface area contributed by atoms with Gasteiger partial charge >= 0.3 is 5.97 Å². The van der Waals surface area contributed by atoms with Crippen LogP contribution in [0.2, 0.25) is 0 Å². The molecule has 0 unspecified atom stereocenters. The molecule has 10 N–H and O–H groups in total. The number of hydrogen-bond donors (Lipinski definition) is 8. The summed E-state index contributed by atoms with van der Waals surface area (Å²) in [7, 11) is 0. The molecule has 0 saturated carbocycles. The van der Waals surface area contributed by atoms with Crippen molar-refractivity contribution in [1.82, 2.24) is 5.32 Å². The summed E-state index contributed by atoms with van der Waals surface area (Å²) in [6.45, 7) is -1.17. The highest BCUT2D eigenvalue weighted by Gasteiger charge is 2.54. The Morgan fingerprint density at radius 1 is 1.35 bits per heavy atom. The molecule has 0 aromatic carbocycles. The van der Waals surface area contributed by atoms with Gasteiger partial charge in [0, 0.05) is 6.54 Å². The molecule has 5 atom stereocenters. The van der Waals surface area contributed by atoms with Crippen LogP contribution in [0.5, 0.6) is 0 Å². The van der Waals surface area contributed by atoms with Gasteiger partial charge in [-0.3, -0.25) is 15.1 Å². The summed E-state index contributed by atoms with van der Waals surface area (Å²) >= 11 is 0. The molecule has 0 radical (unpaired) electrons. The fourth-order valence-corrected chi connectivity index (χ4v) is 2.39. The summed E-state index contributed by atoms with van der Waals surface area (Å²) in [5, 5.41) is 50.2. The zero-order valence-corrected chi connectivity index (χ0v) is 12.5. The van der Waals surface area contributed by atoms with Crippen LogP contribution in [-0.4, -0.2) is 87.3 Å². The molecule has 1 rings (SSSR count). The Balaban J connectivity index is 2.76. The van der Waals surface area contributed by atoms with Crippen LogP contribution in [0.25, 0.3) is 0 Å². The predicted octanol–water partition coefficient (Wildman–Crippen LogP) is -4.12. The molecule has 0 aromatic heterocycles. The lowest BCUT2D eigenvalue weighted by molar-refractivity contribution is -0.158. The van der Waals surface area contributed by atoms with E-state index in [2.05, 4.69) is 10.3 Å². The molecular formula is C12H24N4O7. The average Bonchev–Trinajstić information content (AvgIpc) is 2.75. The first-order valence-corrected chi connectivity index (χ1v) is 7.09. The zero-order valence-electron chi connectivity index (χ0n) is 12.5. The second-order valence-electron chi connectivity index (χ2n) is 5.31. The van der Waals surface area contributed by atoms with E-state index in [1.54, 1.807) is 0 Å². The highest BCUT2D eigenvalue weighted by Crippen LogP contribution is 2.29. The Morgan fingerprint density at radius 3 is 2.43 bits per heavy atom. The van der Waals surface area contributed by atoms with Gasteiger partial charge in [0.2, 0.25) is 0 Å². The second-order valence-corrected chi connectivity index (χ2v) is 5.31. The number of rotatable bonds is 9. The van der Waals surface area contributed by atoms with Crippen LogP contribution in [0, 0.1) is 0 Å². The molecule has 1 fully saturated rings. The van der Waals surface area contributed by atoms with Gasteiger partial charge in [-0.25, -0.2) is 0 Å². The van der Waals surface area contributed by atoms with Gasteiger partial charge in [-0.1, -0.05) is 0 Å². The number of carboxylic acid groups (broad SMARTS) is 1. The number of hydrogen-bond acceptors (Lipinski definition) is 8. The van der Waals surface area contributed by atoms with Gasteiger partial charge in [0.25, 0.3) is 0 Å². The van der Waals surface area contributed by atoms with E-state index in [9.17, 15) is 25.2 Å². The van der Waals surface area contributed by atoms with Gasteiger partial charge in [0.05, 0.1) is 13.2 Å². The van der Waals surface area contributed by atoms with Crippen LogP contribution >= 0.6 is 0 Å². The third-order valence-corrected chi connectivity index (χ3v) is 3.62. The zero-order chi connectivity index (χ0) is 17.6. The van der Waals surface area contributed by atoms with Crippen molar-refractivity contribution < 1.29 is 35.1 Å². The van der Waals surface area contributed by atoms with Crippen molar-refractivity contribution in [2.75, 3.05) is 19.8 Å². The van der Waals surface area contributed by atoms with Crippen LogP contribution in [0.4, 0.5) is 0 Å². The standard InChI is InChI=1S/C12H24N4O7/c13-11(14)15-3-1-2-6(10(21)22)16-12(5-18)9(20)8(19)7(4-17)23-12/h6-9,16-20H,1-5H2,(H,21,22)(H4,13,14,15)/t6-,7+,8+,9-,12-/m0/s1. The third kappa shape index (κ3) is 4.73. The average molecular weight is 336 g/mol. The number of carbonyl (C=O) groups is 1. The van der Waals surface area contributed by atoms with E-state index in [1.165, 1.54) is 0 Å². The van der Waals surface area contributed by atoms with E-state index in [4.69, 9.17) is 21.3 Å². The quantitative estimate of drug-likeness (QED) is 0.116. The largest absolute Gasteiger partial charge is 0.480 e. The molecule has 134 valence electrons. The Hall–Kier alpha value is -1.50. The monoisotopic (exact) mass is 336 g/mol. The van der Waals surface area contributed by atoms with Gasteiger partial charge in [-0.05, 0) is 12.8 Å². The smallest absolute Gasteiger partial charge is 0.320 e. The molecule has 11 heteroatoms. The number of aliphatic imine (C=N–C) groups is 1. The van der Waals surface area contributed by atoms with Crippen LogP contribution in [-0.2, 0) is 9.53 Å². The summed E-state index contributed by atoms with van der Waals surface area (Å²) in [5.74, 6) is -1.35. The first-order valence-electron chi connectivity index (χ1n) is 7.09. The van der Waals surface area contributed by atoms with Crippen molar-refractivity contribution in [3.8, 4) is 0 Å². The number of aliphatic hydroxyl groups excluding tert-OH is 4. The number of aliphatic hydroxyl groups is 4. The minimum Gasteiger partial charge on any atom is -0.480 e. The van der Waals surface area contributed by atoms with Gasteiger partial charge in [-0.2, -0.15) is 0 Å². The Bertz CT molecular complexity index is 432. The van der Waals surface area contributed by atoms with Crippen LogP contribution in [0.3, 0.4) is 0 Å². The first-order chi connectivity index (χ1) is 10.8. The molecule has 0 aliphatic carbocycles. The lowest BCUT2D eigenvalue weighted by Crippen LogP contribution is -2.62. The minimum absolute atomic E-state index is 0.0871. The van der Waals surface area contributed by atoms with Crippen LogP contribution in [0.15, 0.2) is 4.99 Å². The van der Waals surface area contributed by atoms with Crippen molar-refractivity contribution >= 4 is 11.9 Å². The maximum Gasteiger partial charge on any atom is 0.320 e. The van der Waals surface area contributed by atoms with Crippen molar-refractivity contribution in [2.24, 2.45) is 16.5 Å². The fraction of sp³-hybridized carbons (Fsp3) is 0.833. The van der Waals surface area contributed by atoms with E-state index < -0.39 is 49.3 Å². The summed E-state index contributed by atoms with van der Waals surface area (Å²) < 4.78 is 5.26. The van der Waals surface area contributed by atoms with Gasteiger partial charge in [-0.15, -0.1) is 0 Å². The van der Waals surface area contributed by atoms with Crippen LogP contribution in [0.1, 0.15) is 12.8 Å². The summed E-state index contributed by atoms with van der Waals surface area (Å²) in [6.07, 6.45) is -3.80. The Morgan fingerprint density at radius 2 is 2.00 bits per heavy atom. The van der Waals surface area contributed by atoms with Gasteiger partial charge in [0.1, 0.15) is 24.4 Å². The summed E-state index contributed by atoms with van der Waals surface area (Å²) in [6, 6.07) is -1.18. The lowest BCUT2D eigenvalue weighted by atomic mass is 10.0. The molecule has 0 amide bonds. The number of nitrogens with one attached hydrogen (secondary N) is 1. The molecule has 0 aromatic rings. The van der Waals surface area contributed by atoms with Crippen LogP contribution < -0.4 is 16.8 Å². The van der Waals surface area contributed by atoms with Crippen molar-refractivity contribution in [3.63, 3.8) is 0 Å². The molecule has 0 spiro atoms. The molecule has 1 aliphatic rings. The van der Waals surface area contributed by atoms with E-state index >= 15 is 0 Å². The minimum atomic E-state index is -1.88. The second kappa shape index (κ2) is 8.38. The van der Waals surface area contributed by atoms with E-state index in [0.717, 1.165) is 0 Å². The Labute approximate surface area is 132 Å². The molecular weight excluding hydrogens is 312 g/mol. The van der Waals surface area contributed by atoms with Gasteiger partial charge < -0.3 is 41.7 Å².